The predicted octanol–water partition coefficient (Wildman–Crippen LogP) is 4.17. The molecule has 21 heavy (non-hydrogen) atoms. The Hall–Kier alpha value is -1.80. The van der Waals surface area contributed by atoms with Crippen molar-refractivity contribution in [1.82, 2.24) is 5.32 Å². The van der Waals surface area contributed by atoms with E-state index in [9.17, 15) is 0 Å². The van der Waals surface area contributed by atoms with Crippen molar-refractivity contribution < 1.29 is 0 Å². The fraction of sp³-hybridized carbons (Fsp3) is 0.368. The first-order valence-electron chi connectivity index (χ1n) is 7.73. The lowest BCUT2D eigenvalue weighted by Gasteiger charge is -2.37. The van der Waals surface area contributed by atoms with Crippen LogP contribution in [-0.2, 0) is 0 Å². The second kappa shape index (κ2) is 7.28. The number of aryl methyl sites for hydroxylation is 1. The molecule has 0 aromatic heterocycles. The van der Waals surface area contributed by atoms with Crippen LogP contribution in [0.5, 0.6) is 0 Å². The van der Waals surface area contributed by atoms with Crippen molar-refractivity contribution in [1.29, 1.82) is 0 Å². The molecule has 2 aromatic carbocycles. The Balaban J connectivity index is 2.31. The molecular formula is C19H26N2. The summed E-state index contributed by atoms with van der Waals surface area (Å²) in [6.07, 6.45) is 0. The second-order valence-electron chi connectivity index (χ2n) is 5.49. The standard InChI is InChI=1S/C19H26N2/c1-5-21(18-14-10-9-11-15(18)2)16(3)19(20-4)17-12-7-6-8-13-17/h6-14,16,19-20H,5H2,1-4H3. The normalized spacial score (nSPS) is 13.7. The summed E-state index contributed by atoms with van der Waals surface area (Å²) in [6, 6.07) is 20.0. The van der Waals surface area contributed by atoms with Crippen LogP contribution in [0, 0.1) is 6.92 Å². The first kappa shape index (κ1) is 15.6. The van der Waals surface area contributed by atoms with Gasteiger partial charge in [0.15, 0.2) is 0 Å². The molecule has 0 heterocycles. The molecule has 112 valence electrons. The topological polar surface area (TPSA) is 15.3 Å². The van der Waals surface area contributed by atoms with Crippen molar-refractivity contribution in [2.45, 2.75) is 32.9 Å². The van der Waals surface area contributed by atoms with E-state index in [4.69, 9.17) is 0 Å². The lowest BCUT2D eigenvalue weighted by molar-refractivity contribution is 0.472. The van der Waals surface area contributed by atoms with E-state index in [-0.39, 0.29) is 0 Å². The molecule has 0 aliphatic carbocycles. The number of nitrogens with zero attached hydrogens (tertiary/aromatic N) is 1. The third-order valence-electron chi connectivity index (χ3n) is 4.21. The van der Waals surface area contributed by atoms with E-state index >= 15 is 0 Å². The SMILES string of the molecule is CCN(c1ccccc1C)C(C)C(NC)c1ccccc1. The van der Waals surface area contributed by atoms with Crippen molar-refractivity contribution in [2.75, 3.05) is 18.5 Å². The Bertz CT molecular complexity index is 551. The lowest BCUT2D eigenvalue weighted by atomic mass is 9.98. The van der Waals surface area contributed by atoms with Gasteiger partial charge in [-0.05, 0) is 45.0 Å². The smallest absolute Gasteiger partial charge is 0.0521 e. The fourth-order valence-corrected chi connectivity index (χ4v) is 3.09. The molecule has 0 radical (unpaired) electrons. The van der Waals surface area contributed by atoms with Crippen LogP contribution in [0.15, 0.2) is 54.6 Å². The van der Waals surface area contributed by atoms with Gasteiger partial charge in [0.05, 0.1) is 6.04 Å². The lowest BCUT2D eigenvalue weighted by Crippen LogP contribution is -2.42. The molecule has 0 saturated heterocycles. The molecule has 2 unspecified atom stereocenters. The molecule has 2 nitrogen and oxygen atoms in total. The number of nitrogens with one attached hydrogen (secondary N) is 1. The summed E-state index contributed by atoms with van der Waals surface area (Å²) in [6.45, 7) is 7.70. The predicted molar refractivity (Wildman–Crippen MR) is 91.9 cm³/mol. The van der Waals surface area contributed by atoms with Gasteiger partial charge in [0.25, 0.3) is 0 Å². The molecule has 2 atom stereocenters. The van der Waals surface area contributed by atoms with Crippen LogP contribution in [0.4, 0.5) is 5.69 Å². The summed E-state index contributed by atoms with van der Waals surface area (Å²) in [7, 11) is 2.04. The highest BCUT2D eigenvalue weighted by Crippen LogP contribution is 2.27. The Morgan fingerprint density at radius 3 is 2.19 bits per heavy atom. The molecule has 2 heteroatoms. The summed E-state index contributed by atoms with van der Waals surface area (Å²) in [5.41, 5.74) is 3.98. The largest absolute Gasteiger partial charge is 0.367 e. The van der Waals surface area contributed by atoms with Gasteiger partial charge >= 0.3 is 0 Å². The number of rotatable bonds is 6. The van der Waals surface area contributed by atoms with Gasteiger partial charge in [-0.2, -0.15) is 0 Å². The van der Waals surface area contributed by atoms with Gasteiger partial charge in [0.2, 0.25) is 0 Å². The van der Waals surface area contributed by atoms with E-state index in [0.29, 0.717) is 12.1 Å². The number of hydrogen-bond donors (Lipinski definition) is 1. The molecule has 0 aliphatic rings. The molecule has 1 N–H and O–H groups in total. The van der Waals surface area contributed by atoms with Gasteiger partial charge < -0.3 is 10.2 Å². The zero-order valence-corrected chi connectivity index (χ0v) is 13.5. The van der Waals surface area contributed by atoms with E-state index in [1.54, 1.807) is 0 Å². The minimum atomic E-state index is 0.311. The number of likely N-dealkylation sites (N-methyl/N-ethyl adjacent to an activating group) is 2. The van der Waals surface area contributed by atoms with Crippen LogP contribution in [0.2, 0.25) is 0 Å². The minimum Gasteiger partial charge on any atom is -0.367 e. The quantitative estimate of drug-likeness (QED) is 0.855. The van der Waals surface area contributed by atoms with Crippen molar-refractivity contribution in [2.24, 2.45) is 0 Å². The van der Waals surface area contributed by atoms with E-state index in [1.165, 1.54) is 16.8 Å². The highest BCUT2D eigenvalue weighted by atomic mass is 15.2. The summed E-state index contributed by atoms with van der Waals surface area (Å²) >= 11 is 0. The van der Waals surface area contributed by atoms with Crippen LogP contribution in [0.1, 0.15) is 31.0 Å². The Morgan fingerprint density at radius 2 is 1.62 bits per heavy atom. The molecule has 0 spiro atoms. The van der Waals surface area contributed by atoms with Crippen LogP contribution in [0.25, 0.3) is 0 Å². The number of anilines is 1. The van der Waals surface area contributed by atoms with E-state index in [1.807, 2.05) is 7.05 Å². The maximum absolute atomic E-state index is 3.48. The van der Waals surface area contributed by atoms with Gasteiger partial charge in [0, 0.05) is 18.3 Å². The van der Waals surface area contributed by atoms with Gasteiger partial charge in [-0.1, -0.05) is 48.5 Å². The van der Waals surface area contributed by atoms with Crippen LogP contribution in [0.3, 0.4) is 0 Å². The monoisotopic (exact) mass is 282 g/mol. The van der Waals surface area contributed by atoms with Crippen LogP contribution in [-0.4, -0.2) is 19.6 Å². The summed E-state index contributed by atoms with van der Waals surface area (Å²) < 4.78 is 0. The first-order chi connectivity index (χ1) is 10.2. The van der Waals surface area contributed by atoms with Gasteiger partial charge in [-0.25, -0.2) is 0 Å². The average Bonchev–Trinajstić information content (AvgIpc) is 2.52. The molecule has 0 fully saturated rings. The highest BCUT2D eigenvalue weighted by molar-refractivity contribution is 5.54. The maximum atomic E-state index is 3.48. The Kier molecular flexibility index (Phi) is 5.40. The van der Waals surface area contributed by atoms with Gasteiger partial charge in [-0.15, -0.1) is 0 Å². The molecule has 0 bridgehead atoms. The first-order valence-corrected chi connectivity index (χ1v) is 7.73. The fourth-order valence-electron chi connectivity index (χ4n) is 3.09. The summed E-state index contributed by atoms with van der Waals surface area (Å²) in [4.78, 5) is 2.48. The Labute approximate surface area is 128 Å². The number of para-hydroxylation sites is 1. The average molecular weight is 282 g/mol. The van der Waals surface area contributed by atoms with Crippen LogP contribution < -0.4 is 10.2 Å². The molecular weight excluding hydrogens is 256 g/mol. The third kappa shape index (κ3) is 3.45. The van der Waals surface area contributed by atoms with Crippen LogP contribution >= 0.6 is 0 Å². The van der Waals surface area contributed by atoms with E-state index < -0.39 is 0 Å². The van der Waals surface area contributed by atoms with Gasteiger partial charge in [-0.3, -0.25) is 0 Å². The summed E-state index contributed by atoms with van der Waals surface area (Å²) in [5.74, 6) is 0. The number of benzene rings is 2. The molecule has 0 saturated carbocycles. The molecule has 0 aliphatic heterocycles. The molecule has 2 rings (SSSR count). The van der Waals surface area contributed by atoms with Crippen molar-refractivity contribution in [3.05, 3.63) is 65.7 Å². The zero-order chi connectivity index (χ0) is 15.2. The summed E-state index contributed by atoms with van der Waals surface area (Å²) in [5, 5.41) is 3.48. The van der Waals surface area contributed by atoms with Crippen molar-refractivity contribution in [3.8, 4) is 0 Å². The molecule has 2 aromatic rings. The molecule has 0 amide bonds. The van der Waals surface area contributed by atoms with Crippen molar-refractivity contribution >= 4 is 5.69 Å². The minimum absolute atomic E-state index is 0.311. The Morgan fingerprint density at radius 1 is 1.00 bits per heavy atom. The maximum Gasteiger partial charge on any atom is 0.0521 e. The third-order valence-corrected chi connectivity index (χ3v) is 4.21. The van der Waals surface area contributed by atoms with E-state index in [0.717, 1.165) is 6.54 Å². The van der Waals surface area contributed by atoms with E-state index in [2.05, 4.69) is 85.6 Å². The van der Waals surface area contributed by atoms with Gasteiger partial charge in [0.1, 0.15) is 0 Å². The second-order valence-corrected chi connectivity index (χ2v) is 5.49. The van der Waals surface area contributed by atoms with Crippen molar-refractivity contribution in [3.63, 3.8) is 0 Å². The highest BCUT2D eigenvalue weighted by Gasteiger charge is 2.23. The number of hydrogen-bond acceptors (Lipinski definition) is 2. The zero-order valence-electron chi connectivity index (χ0n) is 13.5.